The maximum atomic E-state index is 7.25. The summed E-state index contributed by atoms with van der Waals surface area (Å²) < 4.78 is 0. The van der Waals surface area contributed by atoms with E-state index < -0.39 is 0 Å². The molecule has 0 fully saturated rings. The molecule has 2 aromatic heterocycles. The van der Waals surface area contributed by atoms with Gasteiger partial charge in [-0.05, 0) is 39.8 Å². The van der Waals surface area contributed by atoms with Gasteiger partial charge < -0.3 is 25.3 Å². The molecule has 0 amide bonds. The third-order valence-corrected chi connectivity index (χ3v) is 2.29. The van der Waals surface area contributed by atoms with Gasteiger partial charge >= 0.3 is 0 Å². The van der Waals surface area contributed by atoms with Crippen molar-refractivity contribution in [2.24, 2.45) is 0 Å². The number of aromatic nitrogens is 4. The largest absolute Gasteiger partial charge is 0.740 e. The fourth-order valence-corrected chi connectivity index (χ4v) is 1.96. The number of nitroso groups, excluding NO2 is 4. The van der Waals surface area contributed by atoms with Gasteiger partial charge in [-0.1, -0.05) is 0 Å². The Bertz CT molecular complexity index is 476. The summed E-state index contributed by atoms with van der Waals surface area (Å²) in [4.78, 5) is 44.8. The van der Waals surface area contributed by atoms with Crippen LogP contribution in [-0.4, -0.2) is 19.9 Å². The van der Waals surface area contributed by atoms with Crippen LogP contribution in [0.25, 0.3) is 0 Å². The minimum atomic E-state index is 0. The minimum absolute atomic E-state index is 0. The molecule has 28 heavy (non-hydrogen) atoms. The van der Waals surface area contributed by atoms with E-state index in [1.54, 1.807) is 0 Å². The number of hydrogen-bond donors (Lipinski definition) is 0. The van der Waals surface area contributed by atoms with Gasteiger partial charge in [0, 0.05) is 67.2 Å². The number of aryl methyl sites for hydroxylation is 4. The van der Waals surface area contributed by atoms with E-state index >= 15 is 0 Å². The second kappa shape index (κ2) is 29.8. The molecular formula is C12H14Fe2N8O4S2-2. The zero-order valence-electron chi connectivity index (χ0n) is 14.9. The Balaban J connectivity index is -0.0000000606. The summed E-state index contributed by atoms with van der Waals surface area (Å²) in [5.41, 5.74) is 26.8. The molecule has 0 N–H and O–H groups in total. The summed E-state index contributed by atoms with van der Waals surface area (Å²) in [6.07, 6.45) is 0. The Morgan fingerprint density at radius 2 is 0.679 bits per heavy atom. The molecule has 0 saturated heterocycles. The molecule has 0 unspecified atom stereocenters. The van der Waals surface area contributed by atoms with E-state index in [-0.39, 0.29) is 34.1 Å². The van der Waals surface area contributed by atoms with Crippen molar-refractivity contribution in [3.05, 3.63) is 54.5 Å². The van der Waals surface area contributed by atoms with Crippen LogP contribution in [0.3, 0.4) is 0 Å². The topological polar surface area (TPSA) is 209 Å². The van der Waals surface area contributed by atoms with Crippen LogP contribution in [0.15, 0.2) is 22.4 Å². The fraction of sp³-hybridized carbons (Fsp3) is 0.333. The van der Waals surface area contributed by atoms with Gasteiger partial charge in [-0.2, -0.15) is 0 Å². The molecule has 2 rings (SSSR count). The molecule has 16 heteroatoms. The molecule has 0 aliphatic carbocycles. The SMILES string of the molecule is Cc1cc(C)nc([S-])n1.Cc1cc(C)nc([S-])n1.[Fe].[Fe].[N]=O.[N]=O.[N]=O.[N]=O. The second-order valence-corrected chi connectivity index (χ2v) is 4.60. The van der Waals surface area contributed by atoms with Crippen LogP contribution in [0, 0.1) is 47.3 Å². The average Bonchev–Trinajstić information content (AvgIpc) is 2.60. The Morgan fingerprint density at radius 3 is 0.786 bits per heavy atom. The Hall–Kier alpha value is -1.96. The van der Waals surface area contributed by atoms with Crippen molar-refractivity contribution in [3.8, 4) is 0 Å². The van der Waals surface area contributed by atoms with Gasteiger partial charge in [-0.15, -0.1) is 19.6 Å². The average molecular weight is 510 g/mol. The molecule has 2 heterocycles. The first-order valence-electron chi connectivity index (χ1n) is 6.08. The predicted octanol–water partition coefficient (Wildman–Crippen LogP) is 0.205. The fourth-order valence-electron chi connectivity index (χ4n) is 1.39. The van der Waals surface area contributed by atoms with Gasteiger partial charge in [0.25, 0.3) is 0 Å². The van der Waals surface area contributed by atoms with E-state index in [1.807, 2.05) is 39.8 Å². The summed E-state index contributed by atoms with van der Waals surface area (Å²) in [6.45, 7) is 7.63. The van der Waals surface area contributed by atoms with Crippen molar-refractivity contribution in [2.45, 2.75) is 38.0 Å². The monoisotopic (exact) mass is 510 g/mol. The molecule has 0 saturated carbocycles. The first kappa shape index (κ1) is 40.7. The van der Waals surface area contributed by atoms with Crippen LogP contribution >= 0.6 is 0 Å². The molecule has 2 aromatic rings. The van der Waals surface area contributed by atoms with Crippen LogP contribution in [0.1, 0.15) is 22.8 Å². The maximum absolute atomic E-state index is 7.25. The van der Waals surface area contributed by atoms with Gasteiger partial charge in [0.2, 0.25) is 0 Å². The van der Waals surface area contributed by atoms with Crippen LogP contribution < -0.4 is 22.4 Å². The van der Waals surface area contributed by atoms with Crippen molar-refractivity contribution in [1.82, 2.24) is 42.3 Å². The number of hydrogen-bond acceptors (Lipinski definition) is 10. The quantitative estimate of drug-likeness (QED) is 0.267. The van der Waals surface area contributed by atoms with Crippen LogP contribution in [0.5, 0.6) is 0 Å². The summed E-state index contributed by atoms with van der Waals surface area (Å²) in [7, 11) is 0. The molecule has 0 atom stereocenters. The number of rotatable bonds is 0. The van der Waals surface area contributed by atoms with Crippen molar-refractivity contribution < 1.29 is 34.1 Å². The smallest absolute Gasteiger partial charge is 0.120 e. The molecule has 0 aromatic carbocycles. The molecular weight excluding hydrogens is 496 g/mol. The normalized spacial score (nSPS) is 6.71. The Morgan fingerprint density at radius 1 is 0.536 bits per heavy atom. The minimum Gasteiger partial charge on any atom is -0.740 e. The first-order valence-corrected chi connectivity index (χ1v) is 6.90. The van der Waals surface area contributed by atoms with Gasteiger partial charge in [0.05, 0.1) is 0 Å². The third-order valence-electron chi connectivity index (χ3n) is 1.92. The van der Waals surface area contributed by atoms with Crippen molar-refractivity contribution in [1.29, 1.82) is 0 Å². The van der Waals surface area contributed by atoms with E-state index in [0.29, 0.717) is 10.3 Å². The zero-order chi connectivity index (χ0) is 21.7. The maximum Gasteiger partial charge on any atom is 0.120 e. The van der Waals surface area contributed by atoms with E-state index in [1.165, 1.54) is 0 Å². The Kier molecular flexibility index (Phi) is 43.3. The summed E-state index contributed by atoms with van der Waals surface area (Å²) in [6, 6.07) is 3.80. The zero-order valence-corrected chi connectivity index (χ0v) is 18.7. The van der Waals surface area contributed by atoms with E-state index in [2.05, 4.69) is 19.9 Å². The molecule has 12 nitrogen and oxygen atoms in total. The number of nitrogens with zero attached hydrogens (tertiary/aromatic N) is 8. The second-order valence-electron chi connectivity index (χ2n) is 3.87. The predicted molar refractivity (Wildman–Crippen MR) is 96.3 cm³/mol. The van der Waals surface area contributed by atoms with E-state index in [9.17, 15) is 0 Å². The standard InChI is InChI=1S/2C6H8N2S.2Fe.4NO/c2*1-4-3-5(2)8-6(9)7-4;;;4*1-2/h2*3H,1-2H3,(H,7,8,9);;;;;;/p-2. The van der Waals surface area contributed by atoms with Crippen LogP contribution in [0.2, 0.25) is 0 Å². The van der Waals surface area contributed by atoms with Crippen LogP contribution in [-0.2, 0) is 59.4 Å². The van der Waals surface area contributed by atoms with Gasteiger partial charge in [0.15, 0.2) is 0 Å². The summed E-state index contributed by atoms with van der Waals surface area (Å²) >= 11 is 9.53. The summed E-state index contributed by atoms with van der Waals surface area (Å²) in [5.74, 6) is 0. The van der Waals surface area contributed by atoms with Crippen molar-refractivity contribution in [3.63, 3.8) is 0 Å². The Labute approximate surface area is 193 Å². The van der Waals surface area contributed by atoms with Crippen molar-refractivity contribution in [2.75, 3.05) is 0 Å². The summed E-state index contributed by atoms with van der Waals surface area (Å²) in [5, 5.41) is 0.875. The molecule has 156 valence electrons. The van der Waals surface area contributed by atoms with Gasteiger partial charge in [-0.25, -0.2) is 0 Å². The first-order chi connectivity index (χ1) is 12.4. The molecule has 4 radical (unpaired) electrons. The van der Waals surface area contributed by atoms with Crippen molar-refractivity contribution >= 4 is 25.3 Å². The molecule has 0 spiro atoms. The third kappa shape index (κ3) is 26.3. The van der Waals surface area contributed by atoms with Gasteiger partial charge in [0.1, 0.15) is 22.4 Å². The molecule has 0 aliphatic heterocycles. The molecule has 0 aliphatic rings. The molecule has 0 bridgehead atoms. The van der Waals surface area contributed by atoms with Gasteiger partial charge in [-0.3, -0.25) is 19.9 Å². The van der Waals surface area contributed by atoms with Crippen LogP contribution in [0.4, 0.5) is 0 Å². The van der Waals surface area contributed by atoms with E-state index in [0.717, 1.165) is 22.8 Å². The van der Waals surface area contributed by atoms with E-state index in [4.69, 9.17) is 67.3 Å².